The van der Waals surface area contributed by atoms with Crippen molar-refractivity contribution in [3.8, 4) is 0 Å². The van der Waals surface area contributed by atoms with Gasteiger partial charge < -0.3 is 5.32 Å². The third-order valence-electron chi connectivity index (χ3n) is 4.74. The Kier molecular flexibility index (Phi) is 6.17. The highest BCUT2D eigenvalue weighted by Gasteiger charge is 2.23. The van der Waals surface area contributed by atoms with Gasteiger partial charge in [0.1, 0.15) is 5.69 Å². The Bertz CT molecular complexity index is 663. The molecular weight excluding hydrogens is 314 g/mol. The van der Waals surface area contributed by atoms with Crippen LogP contribution in [-0.4, -0.2) is 45.6 Å². The van der Waals surface area contributed by atoms with Gasteiger partial charge >= 0.3 is 0 Å². The maximum atomic E-state index is 12.5. The minimum Gasteiger partial charge on any atom is -0.349 e. The Morgan fingerprint density at radius 3 is 2.92 bits per heavy atom. The number of pyridine rings is 1. The first kappa shape index (κ1) is 17.6. The minimum absolute atomic E-state index is 0.121. The molecule has 1 aliphatic rings. The largest absolute Gasteiger partial charge is 0.349 e. The quantitative estimate of drug-likeness (QED) is 0.812. The highest BCUT2D eigenvalue weighted by molar-refractivity contribution is 5.92. The summed E-state index contributed by atoms with van der Waals surface area (Å²) >= 11 is 0. The summed E-state index contributed by atoms with van der Waals surface area (Å²) in [7, 11) is 0. The van der Waals surface area contributed by atoms with E-state index in [2.05, 4.69) is 38.4 Å². The standard InChI is InChI=1S/C19H27N5O/c1-2-7-16-12-17(23-22-16)19(25)21-14-18(15-8-6-9-20-13-15)24-10-4-3-5-11-24/h6,8-9,12-13,18H,2-5,7,10-11,14H2,1H3,(H,21,25)(H,22,23)/t18-/m1/s1. The molecular formula is C19H27N5O. The van der Waals surface area contributed by atoms with Gasteiger partial charge in [-0.25, -0.2) is 0 Å². The summed E-state index contributed by atoms with van der Waals surface area (Å²) in [6.07, 6.45) is 9.34. The maximum Gasteiger partial charge on any atom is 0.271 e. The minimum atomic E-state index is -0.121. The number of H-pyrrole nitrogens is 1. The normalized spacial score (nSPS) is 16.5. The van der Waals surface area contributed by atoms with E-state index in [9.17, 15) is 4.79 Å². The molecule has 1 fully saturated rings. The molecule has 0 radical (unpaired) electrons. The van der Waals surface area contributed by atoms with Crippen LogP contribution in [0.25, 0.3) is 0 Å². The fourth-order valence-electron chi connectivity index (χ4n) is 3.42. The molecule has 0 saturated carbocycles. The van der Waals surface area contributed by atoms with Crippen LogP contribution < -0.4 is 5.32 Å². The van der Waals surface area contributed by atoms with Crippen LogP contribution in [0.2, 0.25) is 0 Å². The zero-order valence-electron chi connectivity index (χ0n) is 14.9. The highest BCUT2D eigenvalue weighted by Crippen LogP contribution is 2.23. The van der Waals surface area contributed by atoms with Gasteiger partial charge in [-0.05, 0) is 50.0 Å². The summed E-state index contributed by atoms with van der Waals surface area (Å²) in [5.41, 5.74) is 2.62. The van der Waals surface area contributed by atoms with E-state index in [1.807, 2.05) is 18.3 Å². The van der Waals surface area contributed by atoms with Gasteiger partial charge in [-0.2, -0.15) is 5.10 Å². The number of amides is 1. The van der Waals surface area contributed by atoms with E-state index in [-0.39, 0.29) is 11.9 Å². The Morgan fingerprint density at radius 2 is 2.20 bits per heavy atom. The number of aromatic amines is 1. The van der Waals surface area contributed by atoms with E-state index in [1.165, 1.54) is 19.3 Å². The van der Waals surface area contributed by atoms with Crippen LogP contribution in [0.1, 0.15) is 60.4 Å². The van der Waals surface area contributed by atoms with Crippen molar-refractivity contribution in [2.45, 2.75) is 45.1 Å². The lowest BCUT2D eigenvalue weighted by Gasteiger charge is -2.34. The molecule has 3 rings (SSSR count). The monoisotopic (exact) mass is 341 g/mol. The van der Waals surface area contributed by atoms with Gasteiger partial charge in [0.05, 0.1) is 6.04 Å². The Labute approximate surface area is 149 Å². The predicted molar refractivity (Wildman–Crippen MR) is 97.3 cm³/mol. The molecule has 0 unspecified atom stereocenters. The molecule has 6 heteroatoms. The number of likely N-dealkylation sites (tertiary alicyclic amines) is 1. The van der Waals surface area contributed by atoms with Crippen molar-refractivity contribution in [3.63, 3.8) is 0 Å². The molecule has 2 N–H and O–H groups in total. The van der Waals surface area contributed by atoms with E-state index in [4.69, 9.17) is 0 Å². The molecule has 0 aromatic carbocycles. The summed E-state index contributed by atoms with van der Waals surface area (Å²) in [6, 6.07) is 6.05. The Hall–Kier alpha value is -2.21. The number of nitrogens with zero attached hydrogens (tertiary/aromatic N) is 3. The van der Waals surface area contributed by atoms with Gasteiger partial charge in [-0.15, -0.1) is 0 Å². The summed E-state index contributed by atoms with van der Waals surface area (Å²) in [5, 5.41) is 10.1. The Morgan fingerprint density at radius 1 is 1.36 bits per heavy atom. The van der Waals surface area contributed by atoms with Crippen LogP contribution in [0.4, 0.5) is 0 Å². The fraction of sp³-hybridized carbons (Fsp3) is 0.526. The smallest absolute Gasteiger partial charge is 0.271 e. The molecule has 0 spiro atoms. The first-order valence-electron chi connectivity index (χ1n) is 9.24. The van der Waals surface area contributed by atoms with Gasteiger partial charge in [0.15, 0.2) is 0 Å². The van der Waals surface area contributed by atoms with Crippen molar-refractivity contribution in [1.29, 1.82) is 0 Å². The van der Waals surface area contributed by atoms with Crippen molar-refractivity contribution in [2.24, 2.45) is 0 Å². The van der Waals surface area contributed by atoms with Gasteiger partial charge in [0.2, 0.25) is 0 Å². The highest BCUT2D eigenvalue weighted by atomic mass is 16.1. The molecule has 3 heterocycles. The van der Waals surface area contributed by atoms with E-state index in [0.717, 1.165) is 37.2 Å². The summed E-state index contributed by atoms with van der Waals surface area (Å²) in [4.78, 5) is 19.2. The molecule has 134 valence electrons. The number of carbonyl (C=O) groups excluding carboxylic acids is 1. The van der Waals surface area contributed by atoms with Crippen LogP contribution in [0.5, 0.6) is 0 Å². The first-order valence-corrected chi connectivity index (χ1v) is 9.24. The van der Waals surface area contributed by atoms with Crippen LogP contribution in [0.15, 0.2) is 30.6 Å². The lowest BCUT2D eigenvalue weighted by Crippen LogP contribution is -2.40. The van der Waals surface area contributed by atoms with Gasteiger partial charge in [-0.3, -0.25) is 19.8 Å². The molecule has 2 aromatic heterocycles. The second-order valence-corrected chi connectivity index (χ2v) is 6.64. The molecule has 1 aliphatic heterocycles. The number of carbonyl (C=O) groups is 1. The van der Waals surface area contributed by atoms with Crippen molar-refractivity contribution >= 4 is 5.91 Å². The number of piperidine rings is 1. The van der Waals surface area contributed by atoms with Crippen molar-refractivity contribution in [1.82, 2.24) is 25.4 Å². The van der Waals surface area contributed by atoms with Crippen molar-refractivity contribution < 1.29 is 4.79 Å². The lowest BCUT2D eigenvalue weighted by atomic mass is 10.0. The van der Waals surface area contributed by atoms with Gasteiger partial charge in [0, 0.05) is 24.6 Å². The number of aromatic nitrogens is 3. The maximum absolute atomic E-state index is 12.5. The molecule has 1 atom stereocenters. The van der Waals surface area contributed by atoms with Gasteiger partial charge in [-0.1, -0.05) is 25.8 Å². The van der Waals surface area contributed by atoms with Crippen LogP contribution in [-0.2, 0) is 6.42 Å². The summed E-state index contributed by atoms with van der Waals surface area (Å²) < 4.78 is 0. The number of hydrogen-bond acceptors (Lipinski definition) is 4. The topological polar surface area (TPSA) is 73.9 Å². The fourth-order valence-corrected chi connectivity index (χ4v) is 3.42. The Balaban J connectivity index is 1.66. The summed E-state index contributed by atoms with van der Waals surface area (Å²) in [5.74, 6) is -0.121. The van der Waals surface area contributed by atoms with E-state index in [0.29, 0.717) is 12.2 Å². The van der Waals surface area contributed by atoms with Crippen LogP contribution in [0, 0.1) is 0 Å². The van der Waals surface area contributed by atoms with Crippen molar-refractivity contribution in [2.75, 3.05) is 19.6 Å². The zero-order chi connectivity index (χ0) is 17.5. The predicted octanol–water partition coefficient (Wildman–Crippen LogP) is 2.71. The SMILES string of the molecule is CCCc1cc(C(=O)NC[C@H](c2cccnc2)N2CCCCC2)n[nH]1. The average Bonchev–Trinajstić information content (AvgIpc) is 3.13. The van der Waals surface area contributed by atoms with E-state index in [1.54, 1.807) is 6.20 Å². The third-order valence-corrected chi connectivity index (χ3v) is 4.74. The third kappa shape index (κ3) is 4.66. The second-order valence-electron chi connectivity index (χ2n) is 6.64. The second kappa shape index (κ2) is 8.76. The van der Waals surface area contributed by atoms with Gasteiger partial charge in [0.25, 0.3) is 5.91 Å². The molecule has 25 heavy (non-hydrogen) atoms. The van der Waals surface area contributed by atoms with Crippen LogP contribution >= 0.6 is 0 Å². The lowest BCUT2D eigenvalue weighted by molar-refractivity contribution is 0.0919. The molecule has 6 nitrogen and oxygen atoms in total. The first-order chi connectivity index (χ1) is 12.3. The molecule has 1 saturated heterocycles. The average molecular weight is 341 g/mol. The van der Waals surface area contributed by atoms with E-state index < -0.39 is 0 Å². The molecule has 0 bridgehead atoms. The molecule has 1 amide bonds. The van der Waals surface area contributed by atoms with Crippen LogP contribution in [0.3, 0.4) is 0 Å². The zero-order valence-corrected chi connectivity index (χ0v) is 14.9. The van der Waals surface area contributed by atoms with E-state index >= 15 is 0 Å². The number of rotatable bonds is 7. The summed E-state index contributed by atoms with van der Waals surface area (Å²) in [6.45, 7) is 4.81. The molecule has 2 aromatic rings. The van der Waals surface area contributed by atoms with Crippen molar-refractivity contribution in [3.05, 3.63) is 47.5 Å². The number of nitrogens with one attached hydrogen (secondary N) is 2. The number of aryl methyl sites for hydroxylation is 1. The number of hydrogen-bond donors (Lipinski definition) is 2. The molecule has 0 aliphatic carbocycles.